The van der Waals surface area contributed by atoms with Crippen molar-refractivity contribution in [1.82, 2.24) is 4.98 Å². The molecule has 28 heavy (non-hydrogen) atoms. The van der Waals surface area contributed by atoms with E-state index < -0.39 is 10.1 Å². The number of hydrogen-bond donors (Lipinski definition) is 2. The quantitative estimate of drug-likeness (QED) is 0.629. The van der Waals surface area contributed by atoms with E-state index in [9.17, 15) is 13.0 Å². The van der Waals surface area contributed by atoms with E-state index >= 15 is 0 Å². The van der Waals surface area contributed by atoms with E-state index in [1.807, 2.05) is 24.3 Å². The van der Waals surface area contributed by atoms with Gasteiger partial charge in [0.15, 0.2) is 0 Å². The number of pyridine rings is 1. The summed E-state index contributed by atoms with van der Waals surface area (Å²) in [6.45, 7) is 1.63. The molecule has 0 spiro atoms. The van der Waals surface area contributed by atoms with Crippen molar-refractivity contribution in [3.63, 3.8) is 0 Å². The largest absolute Gasteiger partial charge is 0.495 e. The molecule has 0 radical (unpaired) electrons. The molecule has 2 N–H and O–H groups in total. The SMILES string of the molecule is COc1cccc(-c2ccc(C#N)cc2)c1Nc1cc(S(=O)(=O)O)cc(C)n1. The molecule has 7 nitrogen and oxygen atoms in total. The number of nitrogens with zero attached hydrogens (tertiary/aromatic N) is 2. The number of anilines is 2. The molecule has 0 fully saturated rings. The smallest absolute Gasteiger partial charge is 0.294 e. The van der Waals surface area contributed by atoms with Crippen molar-refractivity contribution in [2.75, 3.05) is 12.4 Å². The van der Waals surface area contributed by atoms with E-state index in [-0.39, 0.29) is 10.7 Å². The van der Waals surface area contributed by atoms with Gasteiger partial charge in [0, 0.05) is 17.3 Å². The Kier molecular flexibility index (Phi) is 5.31. The van der Waals surface area contributed by atoms with Crippen LogP contribution >= 0.6 is 0 Å². The first kappa shape index (κ1) is 19.4. The van der Waals surface area contributed by atoms with Crippen molar-refractivity contribution < 1.29 is 17.7 Å². The molecule has 3 aromatic rings. The van der Waals surface area contributed by atoms with Crippen LogP contribution in [-0.4, -0.2) is 25.1 Å². The molecule has 0 saturated carbocycles. The van der Waals surface area contributed by atoms with Crippen LogP contribution in [0.15, 0.2) is 59.5 Å². The van der Waals surface area contributed by atoms with Crippen molar-refractivity contribution in [3.8, 4) is 22.9 Å². The van der Waals surface area contributed by atoms with Gasteiger partial charge in [0.1, 0.15) is 11.6 Å². The Labute approximate surface area is 163 Å². The third-order valence-electron chi connectivity index (χ3n) is 4.05. The molecule has 2 aromatic carbocycles. The fraction of sp³-hybridized carbons (Fsp3) is 0.100. The highest BCUT2D eigenvalue weighted by atomic mass is 32.2. The van der Waals surface area contributed by atoms with Crippen molar-refractivity contribution in [1.29, 1.82) is 5.26 Å². The van der Waals surface area contributed by atoms with E-state index in [1.54, 1.807) is 25.1 Å². The van der Waals surface area contributed by atoms with Crippen molar-refractivity contribution >= 4 is 21.6 Å². The molecule has 0 atom stereocenters. The minimum absolute atomic E-state index is 0.243. The molecule has 0 unspecified atom stereocenters. The Morgan fingerprint density at radius 3 is 2.46 bits per heavy atom. The summed E-state index contributed by atoms with van der Waals surface area (Å²) >= 11 is 0. The van der Waals surface area contributed by atoms with Crippen LogP contribution in [0.2, 0.25) is 0 Å². The minimum Gasteiger partial charge on any atom is -0.495 e. The number of aromatic nitrogens is 1. The molecule has 3 rings (SSSR count). The maximum atomic E-state index is 11.5. The number of nitrogens with one attached hydrogen (secondary N) is 1. The van der Waals surface area contributed by atoms with Crippen LogP contribution in [0.25, 0.3) is 11.1 Å². The molecule has 0 aliphatic carbocycles. The van der Waals surface area contributed by atoms with E-state index in [0.29, 0.717) is 22.7 Å². The maximum absolute atomic E-state index is 11.5. The van der Waals surface area contributed by atoms with Gasteiger partial charge in [-0.3, -0.25) is 4.55 Å². The third kappa shape index (κ3) is 4.11. The summed E-state index contributed by atoms with van der Waals surface area (Å²) < 4.78 is 37.8. The summed E-state index contributed by atoms with van der Waals surface area (Å²) in [5.41, 5.74) is 3.16. The third-order valence-corrected chi connectivity index (χ3v) is 4.88. The molecule has 0 saturated heterocycles. The molecule has 8 heteroatoms. The molecular formula is C20H17N3O4S. The van der Waals surface area contributed by atoms with Crippen LogP contribution in [-0.2, 0) is 10.1 Å². The minimum atomic E-state index is -4.37. The van der Waals surface area contributed by atoms with Gasteiger partial charge in [-0.25, -0.2) is 4.98 Å². The summed E-state index contributed by atoms with van der Waals surface area (Å²) in [4.78, 5) is 4.04. The number of aryl methyl sites for hydroxylation is 1. The monoisotopic (exact) mass is 395 g/mol. The van der Waals surface area contributed by atoms with Crippen LogP contribution in [0, 0.1) is 18.3 Å². The molecule has 142 valence electrons. The lowest BCUT2D eigenvalue weighted by Crippen LogP contribution is -2.04. The highest BCUT2D eigenvalue weighted by molar-refractivity contribution is 7.85. The Hall–Kier alpha value is -3.41. The van der Waals surface area contributed by atoms with Gasteiger partial charge in [-0.1, -0.05) is 24.3 Å². The van der Waals surface area contributed by atoms with E-state index in [0.717, 1.165) is 11.1 Å². The van der Waals surface area contributed by atoms with E-state index in [4.69, 9.17) is 10.00 Å². The number of ether oxygens (including phenoxy) is 1. The van der Waals surface area contributed by atoms with E-state index in [2.05, 4.69) is 16.4 Å². The predicted octanol–water partition coefficient (Wildman–Crippen LogP) is 3.93. The number of methoxy groups -OCH3 is 1. The van der Waals surface area contributed by atoms with Gasteiger partial charge in [-0.05, 0) is 36.8 Å². The standard InChI is InChI=1S/C20H17N3O4S/c1-13-10-16(28(24,25)26)11-19(22-13)23-20-17(4-3-5-18(20)27-2)15-8-6-14(12-21)7-9-15/h3-11H,1-2H3,(H,22,23)(H,24,25,26). The second-order valence-corrected chi connectivity index (χ2v) is 7.42. The van der Waals surface area contributed by atoms with Gasteiger partial charge in [0.2, 0.25) is 0 Å². The molecule has 1 heterocycles. The molecule has 1 aromatic heterocycles. The first-order valence-corrected chi connectivity index (χ1v) is 9.66. The van der Waals surface area contributed by atoms with Crippen molar-refractivity contribution in [2.24, 2.45) is 0 Å². The van der Waals surface area contributed by atoms with Gasteiger partial charge >= 0.3 is 0 Å². The second kappa shape index (κ2) is 7.68. The fourth-order valence-electron chi connectivity index (χ4n) is 2.77. The Balaban J connectivity index is 2.12. The summed E-state index contributed by atoms with van der Waals surface area (Å²) in [7, 11) is -2.84. The average Bonchev–Trinajstić information content (AvgIpc) is 2.67. The lowest BCUT2D eigenvalue weighted by Gasteiger charge is -2.16. The van der Waals surface area contributed by atoms with Crippen LogP contribution < -0.4 is 10.1 Å². The number of para-hydroxylation sites is 1. The zero-order chi connectivity index (χ0) is 20.3. The summed E-state index contributed by atoms with van der Waals surface area (Å²) in [5.74, 6) is 0.769. The summed E-state index contributed by atoms with van der Waals surface area (Å²) in [6, 6.07) is 17.1. The van der Waals surface area contributed by atoms with Crippen LogP contribution in [0.3, 0.4) is 0 Å². The van der Waals surface area contributed by atoms with Crippen LogP contribution in [0.1, 0.15) is 11.3 Å². The molecule has 0 aliphatic rings. The van der Waals surface area contributed by atoms with Crippen LogP contribution in [0.4, 0.5) is 11.5 Å². The highest BCUT2D eigenvalue weighted by Gasteiger charge is 2.16. The van der Waals surface area contributed by atoms with Gasteiger partial charge in [-0.15, -0.1) is 0 Å². The Bertz CT molecular complexity index is 1170. The number of rotatable bonds is 5. The summed E-state index contributed by atoms with van der Waals surface area (Å²) in [5, 5.41) is 12.1. The first-order valence-electron chi connectivity index (χ1n) is 8.22. The van der Waals surface area contributed by atoms with Gasteiger partial charge in [-0.2, -0.15) is 13.7 Å². The predicted molar refractivity (Wildman–Crippen MR) is 105 cm³/mol. The number of nitriles is 1. The van der Waals surface area contributed by atoms with Crippen LogP contribution in [0.5, 0.6) is 5.75 Å². The highest BCUT2D eigenvalue weighted by Crippen LogP contribution is 2.37. The lowest BCUT2D eigenvalue weighted by atomic mass is 10.0. The lowest BCUT2D eigenvalue weighted by molar-refractivity contribution is 0.417. The van der Waals surface area contributed by atoms with Crippen molar-refractivity contribution in [3.05, 3.63) is 65.9 Å². The topological polar surface area (TPSA) is 112 Å². The molecule has 0 amide bonds. The zero-order valence-corrected chi connectivity index (χ0v) is 16.0. The Morgan fingerprint density at radius 2 is 1.86 bits per heavy atom. The molecular weight excluding hydrogens is 378 g/mol. The van der Waals surface area contributed by atoms with Gasteiger partial charge in [0.25, 0.3) is 10.1 Å². The average molecular weight is 395 g/mol. The second-order valence-electron chi connectivity index (χ2n) is 6.00. The number of hydrogen-bond acceptors (Lipinski definition) is 6. The van der Waals surface area contributed by atoms with Gasteiger partial charge in [0.05, 0.1) is 29.3 Å². The van der Waals surface area contributed by atoms with Crippen molar-refractivity contribution in [2.45, 2.75) is 11.8 Å². The summed E-state index contributed by atoms with van der Waals surface area (Å²) in [6.07, 6.45) is 0. The molecule has 0 aliphatic heterocycles. The normalized spacial score (nSPS) is 10.9. The molecule has 0 bridgehead atoms. The zero-order valence-electron chi connectivity index (χ0n) is 15.2. The maximum Gasteiger partial charge on any atom is 0.294 e. The van der Waals surface area contributed by atoms with E-state index in [1.165, 1.54) is 19.2 Å². The number of benzene rings is 2. The van der Waals surface area contributed by atoms with Gasteiger partial charge < -0.3 is 10.1 Å². The fourth-order valence-corrected chi connectivity index (χ4v) is 3.35. The Morgan fingerprint density at radius 1 is 1.14 bits per heavy atom. The first-order chi connectivity index (χ1) is 13.3.